The average Bonchev–Trinajstić information content (AvgIpc) is 3.05. The number of alkyl halides is 4. The molecule has 1 N–H and O–H groups in total. The number of nitrogens with zero attached hydrogens (tertiary/aromatic N) is 3. The summed E-state index contributed by atoms with van der Waals surface area (Å²) in [5.41, 5.74) is -0.851. The van der Waals surface area contributed by atoms with Crippen LogP contribution in [-0.2, 0) is 17.4 Å². The summed E-state index contributed by atoms with van der Waals surface area (Å²) in [6.45, 7) is 3.11. The van der Waals surface area contributed by atoms with Crippen LogP contribution < -0.4 is 10.1 Å². The van der Waals surface area contributed by atoms with Crippen molar-refractivity contribution in [3.63, 3.8) is 0 Å². The monoisotopic (exact) mass is 446 g/mol. The Bertz CT molecular complexity index is 913. The first kappa shape index (κ1) is 20.8. The zero-order valence-electron chi connectivity index (χ0n) is 15.6. The molecular weight excluding hydrogens is 428 g/mol. The number of aromatic nitrogens is 1. The minimum absolute atomic E-state index is 0.0275. The van der Waals surface area contributed by atoms with Gasteiger partial charge in [0.1, 0.15) is 10.8 Å². The third-order valence-electron chi connectivity index (χ3n) is 4.74. The zero-order chi connectivity index (χ0) is 21.4. The maximum atomic E-state index is 13.9. The van der Waals surface area contributed by atoms with Crippen LogP contribution in [0.2, 0.25) is 0 Å². The summed E-state index contributed by atoms with van der Waals surface area (Å²) in [7, 11) is 0. The number of amides is 2. The van der Waals surface area contributed by atoms with Crippen LogP contribution >= 0.6 is 11.3 Å². The minimum Gasteiger partial charge on any atom is -0.409 e. The van der Waals surface area contributed by atoms with Crippen LogP contribution in [0.3, 0.4) is 0 Å². The van der Waals surface area contributed by atoms with E-state index in [2.05, 4.69) is 24.7 Å². The topological polar surface area (TPSA) is 66.9 Å². The number of nitrogens with one attached hydrogen (secondary N) is 1. The molecule has 7 nitrogen and oxygen atoms in total. The number of thiazole rings is 1. The van der Waals surface area contributed by atoms with Gasteiger partial charge in [-0.25, -0.2) is 14.5 Å². The maximum Gasteiger partial charge on any atom is 0.540 e. The van der Waals surface area contributed by atoms with Crippen molar-refractivity contribution < 1.29 is 31.8 Å². The second-order valence-corrected chi connectivity index (χ2v) is 7.85. The molecule has 0 aliphatic carbocycles. The Morgan fingerprint density at radius 1 is 1.20 bits per heavy atom. The molecule has 4 rings (SSSR count). The molecule has 30 heavy (non-hydrogen) atoms. The Kier molecular flexibility index (Phi) is 5.55. The van der Waals surface area contributed by atoms with E-state index in [9.17, 15) is 22.4 Å². The second-order valence-electron chi connectivity index (χ2n) is 6.87. The molecule has 0 unspecified atom stereocenters. The summed E-state index contributed by atoms with van der Waals surface area (Å²) in [5.74, 6) is -0.707. The number of hydrogen-bond donors (Lipinski definition) is 1. The van der Waals surface area contributed by atoms with Crippen molar-refractivity contribution in [2.45, 2.75) is 25.4 Å². The van der Waals surface area contributed by atoms with Crippen molar-refractivity contribution in [3.8, 4) is 5.75 Å². The smallest absolute Gasteiger partial charge is 0.409 e. The molecule has 1 aromatic heterocycles. The second kappa shape index (κ2) is 8.00. The van der Waals surface area contributed by atoms with Gasteiger partial charge in [-0.05, 0) is 24.6 Å². The lowest BCUT2D eigenvalue weighted by Gasteiger charge is -2.30. The lowest BCUT2D eigenvalue weighted by atomic mass is 10.1. The SMILES string of the molecule is O=C(Nc1ccc2c(c1)C(F)(F)OC(F)(F)O2)N1CCCN(Cc2nccs2)CC1. The first-order valence-corrected chi connectivity index (χ1v) is 10.1. The van der Waals surface area contributed by atoms with Gasteiger partial charge in [0.2, 0.25) is 0 Å². The number of rotatable bonds is 3. The van der Waals surface area contributed by atoms with Gasteiger partial charge < -0.3 is 15.0 Å². The Hall–Kier alpha value is -2.44. The standard InChI is InChI=1S/C18H18F4N4O3S/c19-17(20)13-10-12(2-3-14(13)28-18(21,22)29-17)24-16(27)26-6-1-5-25(7-8-26)11-15-23-4-9-30-15/h2-4,9-10H,1,5-8,11H2,(H,24,27). The van der Waals surface area contributed by atoms with Gasteiger partial charge in [0.25, 0.3) is 0 Å². The van der Waals surface area contributed by atoms with E-state index in [4.69, 9.17) is 0 Å². The fourth-order valence-electron chi connectivity index (χ4n) is 3.33. The molecule has 12 heteroatoms. The van der Waals surface area contributed by atoms with Crippen molar-refractivity contribution in [1.29, 1.82) is 0 Å². The number of benzene rings is 1. The molecular formula is C18H18F4N4O3S. The average molecular weight is 446 g/mol. The summed E-state index contributed by atoms with van der Waals surface area (Å²) >= 11 is 1.57. The van der Waals surface area contributed by atoms with Crippen molar-refractivity contribution >= 4 is 23.1 Å². The van der Waals surface area contributed by atoms with E-state index in [1.807, 2.05) is 5.38 Å². The number of hydrogen-bond acceptors (Lipinski definition) is 6. The van der Waals surface area contributed by atoms with E-state index in [1.165, 1.54) is 6.07 Å². The third-order valence-corrected chi connectivity index (χ3v) is 5.50. The van der Waals surface area contributed by atoms with Crippen LogP contribution in [-0.4, -0.2) is 53.3 Å². The van der Waals surface area contributed by atoms with Crippen LogP contribution in [0.5, 0.6) is 5.75 Å². The van der Waals surface area contributed by atoms with Gasteiger partial charge >= 0.3 is 18.4 Å². The minimum atomic E-state index is -4.43. The molecule has 0 atom stereocenters. The van der Waals surface area contributed by atoms with Crippen molar-refractivity contribution in [2.75, 3.05) is 31.5 Å². The first-order valence-electron chi connectivity index (χ1n) is 9.18. The summed E-state index contributed by atoms with van der Waals surface area (Å²) in [5, 5.41) is 5.44. The van der Waals surface area contributed by atoms with Crippen LogP contribution in [0.15, 0.2) is 29.8 Å². The number of carbonyl (C=O) groups excluding carboxylic acids is 1. The summed E-state index contributed by atoms with van der Waals surface area (Å²) in [4.78, 5) is 20.6. The number of carbonyl (C=O) groups is 1. The molecule has 2 aliphatic heterocycles. The number of anilines is 1. The van der Waals surface area contributed by atoms with Crippen LogP contribution in [0.1, 0.15) is 17.0 Å². The Morgan fingerprint density at radius 2 is 2.03 bits per heavy atom. The molecule has 0 saturated carbocycles. The molecule has 1 saturated heterocycles. The van der Waals surface area contributed by atoms with E-state index in [1.54, 1.807) is 22.4 Å². The fourth-order valence-corrected chi connectivity index (χ4v) is 3.99. The van der Waals surface area contributed by atoms with Crippen LogP contribution in [0.4, 0.5) is 28.0 Å². The molecule has 2 aliphatic rings. The van der Waals surface area contributed by atoms with E-state index in [0.717, 1.165) is 30.1 Å². The quantitative estimate of drug-likeness (QED) is 0.725. The summed E-state index contributed by atoms with van der Waals surface area (Å²) < 4.78 is 61.6. The normalized spacial score (nSPS) is 20.7. The zero-order valence-corrected chi connectivity index (χ0v) is 16.4. The van der Waals surface area contributed by atoms with Gasteiger partial charge in [-0.15, -0.1) is 20.1 Å². The van der Waals surface area contributed by atoms with E-state index in [-0.39, 0.29) is 5.69 Å². The van der Waals surface area contributed by atoms with Gasteiger partial charge in [-0.1, -0.05) is 0 Å². The third kappa shape index (κ3) is 4.65. The molecule has 1 fully saturated rings. The largest absolute Gasteiger partial charge is 0.540 e. The highest BCUT2D eigenvalue weighted by molar-refractivity contribution is 7.09. The van der Waals surface area contributed by atoms with Crippen molar-refractivity contribution in [1.82, 2.24) is 14.8 Å². The summed E-state index contributed by atoms with van der Waals surface area (Å²) in [6, 6.07) is 2.58. The Morgan fingerprint density at radius 3 is 2.80 bits per heavy atom. The highest BCUT2D eigenvalue weighted by atomic mass is 32.1. The summed E-state index contributed by atoms with van der Waals surface area (Å²) in [6.07, 6.45) is -6.19. The molecule has 2 amide bonds. The van der Waals surface area contributed by atoms with Crippen molar-refractivity contribution in [2.24, 2.45) is 0 Å². The first-order chi connectivity index (χ1) is 14.2. The molecule has 2 aromatic rings. The molecule has 0 radical (unpaired) electrons. The highest BCUT2D eigenvalue weighted by Crippen LogP contribution is 2.46. The maximum absolute atomic E-state index is 13.9. The van der Waals surface area contributed by atoms with Crippen LogP contribution in [0.25, 0.3) is 0 Å². The molecule has 3 heterocycles. The van der Waals surface area contributed by atoms with Gasteiger partial charge in [0, 0.05) is 43.4 Å². The Labute approximate surface area is 173 Å². The van der Waals surface area contributed by atoms with Gasteiger partial charge in [0.15, 0.2) is 0 Å². The van der Waals surface area contributed by atoms with Gasteiger partial charge in [0.05, 0.1) is 12.1 Å². The number of urea groups is 1. The van der Waals surface area contributed by atoms with E-state index in [0.29, 0.717) is 26.2 Å². The molecule has 1 aromatic carbocycles. The number of halogens is 4. The number of ether oxygens (including phenoxy) is 2. The molecule has 0 spiro atoms. The fraction of sp³-hybridized carbons (Fsp3) is 0.444. The van der Waals surface area contributed by atoms with Gasteiger partial charge in [-0.3, -0.25) is 4.90 Å². The van der Waals surface area contributed by atoms with E-state index < -0.39 is 29.7 Å². The van der Waals surface area contributed by atoms with Crippen molar-refractivity contribution in [3.05, 3.63) is 40.3 Å². The van der Waals surface area contributed by atoms with Gasteiger partial charge in [-0.2, -0.15) is 8.78 Å². The molecule has 162 valence electrons. The number of fused-ring (bicyclic) bond motifs is 1. The lowest BCUT2D eigenvalue weighted by Crippen LogP contribution is -2.41. The van der Waals surface area contributed by atoms with E-state index >= 15 is 0 Å². The Balaban J connectivity index is 1.39. The molecule has 0 bridgehead atoms. The predicted octanol–water partition coefficient (Wildman–Crippen LogP) is 3.89. The highest BCUT2D eigenvalue weighted by Gasteiger charge is 2.54. The van der Waals surface area contributed by atoms with Crippen LogP contribution in [0, 0.1) is 0 Å². The predicted molar refractivity (Wildman–Crippen MR) is 99.6 cm³/mol. The lowest BCUT2D eigenvalue weighted by molar-refractivity contribution is -0.461.